The molecule has 16 heavy (non-hydrogen) atoms. The maximum atomic E-state index is 9.35. The van der Waals surface area contributed by atoms with Gasteiger partial charge < -0.3 is 15.3 Å². The minimum absolute atomic E-state index is 0.300. The number of phenolic OH excluding ortho intramolecular Hbond substituents is 3. The van der Waals surface area contributed by atoms with Gasteiger partial charge in [0.05, 0.1) is 0 Å². The van der Waals surface area contributed by atoms with Crippen molar-refractivity contribution in [2.75, 3.05) is 0 Å². The molecule has 0 unspecified atom stereocenters. The van der Waals surface area contributed by atoms with Gasteiger partial charge in [0.1, 0.15) is 0 Å². The highest BCUT2D eigenvalue weighted by atomic mass is 16.3. The number of benzene rings is 2. The van der Waals surface area contributed by atoms with Crippen molar-refractivity contribution in [3.8, 4) is 17.2 Å². The van der Waals surface area contributed by atoms with Gasteiger partial charge in [0, 0.05) is 0 Å². The summed E-state index contributed by atoms with van der Waals surface area (Å²) in [5, 5.41) is 27.9. The normalized spacial score (nSPS) is 10.2. The van der Waals surface area contributed by atoms with E-state index in [1.807, 2.05) is 30.3 Å². The van der Waals surface area contributed by atoms with Crippen LogP contribution in [0.3, 0.4) is 0 Å². The molecule has 0 aromatic heterocycles. The summed E-state index contributed by atoms with van der Waals surface area (Å²) in [6.45, 7) is 0. The Bertz CT molecular complexity index is 469. The SMILES string of the molecule is Oc1cc(Cc2ccccc2)cc(O)c1O. The van der Waals surface area contributed by atoms with E-state index in [2.05, 4.69) is 0 Å². The van der Waals surface area contributed by atoms with Gasteiger partial charge in [-0.1, -0.05) is 30.3 Å². The molecule has 82 valence electrons. The highest BCUT2D eigenvalue weighted by molar-refractivity contribution is 5.51. The van der Waals surface area contributed by atoms with Gasteiger partial charge in [-0.3, -0.25) is 0 Å². The predicted octanol–water partition coefficient (Wildman–Crippen LogP) is 2.39. The zero-order valence-electron chi connectivity index (χ0n) is 8.59. The molecular formula is C13H12O3. The first kappa shape index (κ1) is 10.4. The van der Waals surface area contributed by atoms with Gasteiger partial charge in [-0.05, 0) is 29.7 Å². The molecule has 2 aromatic carbocycles. The van der Waals surface area contributed by atoms with E-state index < -0.39 is 5.75 Å². The summed E-state index contributed by atoms with van der Waals surface area (Å²) in [5.74, 6) is -1.08. The Morgan fingerprint density at radius 2 is 1.31 bits per heavy atom. The lowest BCUT2D eigenvalue weighted by Gasteiger charge is -2.05. The van der Waals surface area contributed by atoms with E-state index >= 15 is 0 Å². The average molecular weight is 216 g/mol. The molecule has 0 fully saturated rings. The van der Waals surface area contributed by atoms with Crippen LogP contribution in [0, 0.1) is 0 Å². The van der Waals surface area contributed by atoms with Crippen molar-refractivity contribution in [2.24, 2.45) is 0 Å². The van der Waals surface area contributed by atoms with Crippen molar-refractivity contribution in [1.29, 1.82) is 0 Å². The van der Waals surface area contributed by atoms with Crippen LogP contribution in [-0.4, -0.2) is 15.3 Å². The Kier molecular flexibility index (Phi) is 2.68. The van der Waals surface area contributed by atoms with Crippen molar-refractivity contribution >= 4 is 0 Å². The fourth-order valence-electron chi connectivity index (χ4n) is 1.59. The van der Waals surface area contributed by atoms with Gasteiger partial charge in [-0.15, -0.1) is 0 Å². The summed E-state index contributed by atoms with van der Waals surface area (Å²) in [7, 11) is 0. The Balaban J connectivity index is 2.29. The number of hydrogen-bond acceptors (Lipinski definition) is 3. The topological polar surface area (TPSA) is 60.7 Å². The standard InChI is InChI=1S/C13H12O3/c14-11-7-10(8-12(15)13(11)16)6-9-4-2-1-3-5-9/h1-5,7-8,14-16H,6H2. The zero-order valence-corrected chi connectivity index (χ0v) is 8.59. The fraction of sp³-hybridized carbons (Fsp3) is 0.0769. The first-order chi connectivity index (χ1) is 7.66. The van der Waals surface area contributed by atoms with E-state index in [0.717, 1.165) is 11.1 Å². The molecule has 0 bridgehead atoms. The monoisotopic (exact) mass is 216 g/mol. The predicted molar refractivity (Wildman–Crippen MR) is 60.7 cm³/mol. The van der Waals surface area contributed by atoms with Crippen molar-refractivity contribution in [2.45, 2.75) is 6.42 Å². The van der Waals surface area contributed by atoms with Gasteiger partial charge in [-0.25, -0.2) is 0 Å². The fourth-order valence-corrected chi connectivity index (χ4v) is 1.59. The summed E-state index contributed by atoms with van der Waals surface area (Å²) in [6.07, 6.45) is 0.599. The Labute approximate surface area is 93.2 Å². The second kappa shape index (κ2) is 4.14. The third-order valence-corrected chi connectivity index (χ3v) is 2.38. The van der Waals surface area contributed by atoms with Gasteiger partial charge in [0.15, 0.2) is 17.2 Å². The van der Waals surface area contributed by atoms with Crippen LogP contribution in [-0.2, 0) is 6.42 Å². The Hall–Kier alpha value is -2.16. The summed E-state index contributed by atoms with van der Waals surface area (Å²) in [5.41, 5.74) is 1.82. The third kappa shape index (κ3) is 2.08. The van der Waals surface area contributed by atoms with Gasteiger partial charge >= 0.3 is 0 Å². The molecule has 0 spiro atoms. The van der Waals surface area contributed by atoms with Crippen molar-refractivity contribution < 1.29 is 15.3 Å². The largest absolute Gasteiger partial charge is 0.504 e. The lowest BCUT2D eigenvalue weighted by molar-refractivity contribution is 0.367. The molecule has 0 saturated heterocycles. The van der Waals surface area contributed by atoms with Crippen molar-refractivity contribution in [1.82, 2.24) is 0 Å². The van der Waals surface area contributed by atoms with Crippen LogP contribution in [0.1, 0.15) is 11.1 Å². The molecule has 2 aromatic rings. The van der Waals surface area contributed by atoms with Crippen LogP contribution in [0.15, 0.2) is 42.5 Å². The lowest BCUT2D eigenvalue weighted by atomic mass is 10.0. The van der Waals surface area contributed by atoms with E-state index in [0.29, 0.717) is 6.42 Å². The molecule has 0 radical (unpaired) electrons. The molecule has 0 heterocycles. The second-order valence-corrected chi connectivity index (χ2v) is 3.65. The Morgan fingerprint density at radius 1 is 0.750 bits per heavy atom. The zero-order chi connectivity index (χ0) is 11.5. The van der Waals surface area contributed by atoms with Crippen LogP contribution in [0.2, 0.25) is 0 Å². The molecule has 3 heteroatoms. The molecule has 2 rings (SSSR count). The van der Waals surface area contributed by atoms with E-state index in [-0.39, 0.29) is 11.5 Å². The van der Waals surface area contributed by atoms with E-state index in [1.165, 1.54) is 12.1 Å². The second-order valence-electron chi connectivity index (χ2n) is 3.65. The number of hydrogen-bond donors (Lipinski definition) is 3. The molecule has 3 N–H and O–H groups in total. The highest BCUT2D eigenvalue weighted by Gasteiger charge is 2.08. The molecule has 0 amide bonds. The summed E-state index contributed by atoms with van der Waals surface area (Å²) in [6, 6.07) is 12.6. The maximum Gasteiger partial charge on any atom is 0.200 e. The number of phenols is 3. The summed E-state index contributed by atoms with van der Waals surface area (Å²) in [4.78, 5) is 0. The molecule has 0 aliphatic heterocycles. The van der Waals surface area contributed by atoms with Crippen LogP contribution >= 0.6 is 0 Å². The van der Waals surface area contributed by atoms with E-state index in [4.69, 9.17) is 0 Å². The van der Waals surface area contributed by atoms with E-state index in [1.54, 1.807) is 0 Å². The molecule has 0 aliphatic carbocycles. The molecule has 0 aliphatic rings. The minimum atomic E-state index is -0.475. The summed E-state index contributed by atoms with van der Waals surface area (Å²) >= 11 is 0. The quantitative estimate of drug-likeness (QED) is 0.675. The minimum Gasteiger partial charge on any atom is -0.504 e. The van der Waals surface area contributed by atoms with Gasteiger partial charge in [0.2, 0.25) is 0 Å². The van der Waals surface area contributed by atoms with Crippen LogP contribution < -0.4 is 0 Å². The van der Waals surface area contributed by atoms with Crippen molar-refractivity contribution in [3.05, 3.63) is 53.6 Å². The van der Waals surface area contributed by atoms with Gasteiger partial charge in [0.25, 0.3) is 0 Å². The Morgan fingerprint density at radius 3 is 1.88 bits per heavy atom. The molecular weight excluding hydrogens is 204 g/mol. The van der Waals surface area contributed by atoms with Crippen LogP contribution in [0.5, 0.6) is 17.2 Å². The highest BCUT2D eigenvalue weighted by Crippen LogP contribution is 2.35. The smallest absolute Gasteiger partial charge is 0.200 e. The van der Waals surface area contributed by atoms with E-state index in [9.17, 15) is 15.3 Å². The third-order valence-electron chi connectivity index (χ3n) is 2.38. The summed E-state index contributed by atoms with van der Waals surface area (Å²) < 4.78 is 0. The first-order valence-corrected chi connectivity index (χ1v) is 4.94. The molecule has 0 atom stereocenters. The first-order valence-electron chi connectivity index (χ1n) is 4.94. The van der Waals surface area contributed by atoms with Gasteiger partial charge in [-0.2, -0.15) is 0 Å². The lowest BCUT2D eigenvalue weighted by Crippen LogP contribution is -1.87. The van der Waals surface area contributed by atoms with Crippen LogP contribution in [0.4, 0.5) is 0 Å². The number of rotatable bonds is 2. The number of aromatic hydroxyl groups is 3. The molecule has 0 saturated carbocycles. The molecule has 3 nitrogen and oxygen atoms in total. The van der Waals surface area contributed by atoms with Crippen molar-refractivity contribution in [3.63, 3.8) is 0 Å². The van der Waals surface area contributed by atoms with Crippen LogP contribution in [0.25, 0.3) is 0 Å². The average Bonchev–Trinajstić information content (AvgIpc) is 2.27. The maximum absolute atomic E-state index is 9.35.